The van der Waals surface area contributed by atoms with Crippen molar-refractivity contribution < 1.29 is 52.6 Å². The Morgan fingerprint density at radius 2 is 0.880 bits per heavy atom. The molecule has 0 aliphatic rings. The number of nitro benzene ring substituents is 2. The Bertz CT molecular complexity index is 2380. The first-order valence-corrected chi connectivity index (χ1v) is 19.2. The van der Waals surface area contributed by atoms with Gasteiger partial charge in [0.1, 0.15) is 20.2 Å². The molecule has 0 aromatic heterocycles. The molecule has 0 aliphatic heterocycles. The van der Waals surface area contributed by atoms with Crippen LogP contribution in [0.3, 0.4) is 0 Å². The fraction of sp³-hybridized carbons (Fsp3) is 0.0714. The summed E-state index contributed by atoms with van der Waals surface area (Å²) in [5.74, 6) is 0. The maximum absolute atomic E-state index is 12.9. The molecule has 0 aliphatic carbocycles. The van der Waals surface area contributed by atoms with E-state index in [-0.39, 0.29) is 22.3 Å². The maximum atomic E-state index is 12.9. The van der Waals surface area contributed by atoms with Crippen LogP contribution in [-0.4, -0.2) is 52.6 Å². The van der Waals surface area contributed by atoms with Gasteiger partial charge in [-0.1, -0.05) is 36.4 Å². The average Bonchev–Trinajstić information content (AvgIpc) is 2.99. The lowest BCUT2D eigenvalue weighted by Gasteiger charge is -2.16. The summed E-state index contributed by atoms with van der Waals surface area (Å²) in [7, 11) is -19.7. The first-order chi connectivity index (χ1) is 23.0. The highest BCUT2D eigenvalue weighted by molar-refractivity contribution is 7.93. The third-order valence-corrected chi connectivity index (χ3v) is 11.4. The Balaban J connectivity index is 1.69. The second-order valence-corrected chi connectivity index (χ2v) is 16.4. The molecule has 0 unspecified atom stereocenters. The van der Waals surface area contributed by atoms with Crippen molar-refractivity contribution in [2.75, 3.05) is 9.44 Å². The zero-order chi connectivity index (χ0) is 37.4. The maximum Gasteiger partial charge on any atom is 0.273 e. The SMILES string of the molecule is Cc1ccc(S(=O)(=O)Nc2ccc(/C=C/c3ccc(NS(=O)(=O)c4ccc(C)c([N+](=O)[O-])c4)cc3S(=O)(=O)[O-])c(S(=O)(=O)[O-])c2)cc1[N+](=O)[O-]. The van der Waals surface area contributed by atoms with Gasteiger partial charge in [-0.3, -0.25) is 29.7 Å². The van der Waals surface area contributed by atoms with Gasteiger partial charge in [-0.2, -0.15) is 0 Å². The standard InChI is InChI=1S/C28H24N4O14S4/c1-17-3-11-23(15-25(17)31(33)34)47(37,38)29-21-9-7-19(27(13-21)49(41,42)43)5-6-20-8-10-22(14-28(20)50(44,45)46)30-48(39,40)24-12-4-18(2)26(16-24)32(35)36/h3-16,29-30H,1-2H3,(H,41,42,43)(H,44,45,46)/p-2/b6-5+. The van der Waals surface area contributed by atoms with E-state index in [9.17, 15) is 63.0 Å². The molecule has 22 heteroatoms. The van der Waals surface area contributed by atoms with E-state index in [1.807, 2.05) is 9.44 Å². The zero-order valence-corrected chi connectivity index (χ0v) is 28.6. The lowest BCUT2D eigenvalue weighted by Crippen LogP contribution is -2.14. The molecule has 264 valence electrons. The lowest BCUT2D eigenvalue weighted by atomic mass is 10.1. The average molecular weight is 767 g/mol. The molecule has 0 saturated carbocycles. The molecule has 0 saturated heterocycles. The number of sulfonamides is 2. The Morgan fingerprint density at radius 3 is 1.18 bits per heavy atom. The summed E-state index contributed by atoms with van der Waals surface area (Å²) in [5, 5.41) is 22.5. The summed E-state index contributed by atoms with van der Waals surface area (Å²) in [4.78, 5) is 17.8. The summed E-state index contributed by atoms with van der Waals surface area (Å²) >= 11 is 0. The molecule has 0 bridgehead atoms. The van der Waals surface area contributed by atoms with Crippen LogP contribution in [0.2, 0.25) is 0 Å². The molecule has 4 aromatic carbocycles. The molecule has 0 heterocycles. The lowest BCUT2D eigenvalue weighted by molar-refractivity contribution is -0.385. The van der Waals surface area contributed by atoms with Crippen LogP contribution in [-0.2, 0) is 40.3 Å². The largest absolute Gasteiger partial charge is 0.744 e. The van der Waals surface area contributed by atoms with Gasteiger partial charge in [0.05, 0.1) is 40.8 Å². The van der Waals surface area contributed by atoms with Crippen molar-refractivity contribution in [3.05, 3.63) is 115 Å². The van der Waals surface area contributed by atoms with Crippen molar-refractivity contribution in [2.45, 2.75) is 33.4 Å². The molecule has 4 rings (SSSR count). The van der Waals surface area contributed by atoms with E-state index in [4.69, 9.17) is 0 Å². The van der Waals surface area contributed by atoms with Crippen LogP contribution in [0.5, 0.6) is 0 Å². The Morgan fingerprint density at radius 1 is 0.540 bits per heavy atom. The summed E-state index contributed by atoms with van der Waals surface area (Å²) in [5.41, 5.74) is -2.29. The van der Waals surface area contributed by atoms with Crippen molar-refractivity contribution in [1.82, 2.24) is 0 Å². The molecule has 50 heavy (non-hydrogen) atoms. The van der Waals surface area contributed by atoms with E-state index in [0.29, 0.717) is 12.1 Å². The first kappa shape index (κ1) is 37.6. The second kappa shape index (κ2) is 13.6. The Labute approximate surface area is 285 Å². The summed E-state index contributed by atoms with van der Waals surface area (Å²) in [6.07, 6.45) is 1.84. The Hall–Kier alpha value is -5.26. The minimum Gasteiger partial charge on any atom is -0.744 e. The summed E-state index contributed by atoms with van der Waals surface area (Å²) < 4.78 is 128. The Kier molecular flexibility index (Phi) is 10.2. The van der Waals surface area contributed by atoms with Crippen molar-refractivity contribution in [1.29, 1.82) is 0 Å². The number of nitrogens with one attached hydrogen (secondary N) is 2. The van der Waals surface area contributed by atoms with Crippen LogP contribution in [0.15, 0.2) is 92.4 Å². The van der Waals surface area contributed by atoms with Gasteiger partial charge in [0.15, 0.2) is 0 Å². The van der Waals surface area contributed by atoms with Crippen molar-refractivity contribution in [3.63, 3.8) is 0 Å². The van der Waals surface area contributed by atoms with Crippen LogP contribution in [0.25, 0.3) is 12.2 Å². The van der Waals surface area contributed by atoms with Gasteiger partial charge < -0.3 is 9.11 Å². The van der Waals surface area contributed by atoms with Crippen LogP contribution in [0, 0.1) is 34.1 Å². The van der Waals surface area contributed by atoms with E-state index in [0.717, 1.165) is 60.7 Å². The molecular weight excluding hydrogens is 745 g/mol. The van der Waals surface area contributed by atoms with Gasteiger partial charge in [-0.25, -0.2) is 33.7 Å². The normalized spacial score (nSPS) is 12.5. The van der Waals surface area contributed by atoms with E-state index in [1.54, 1.807) is 0 Å². The molecule has 18 nitrogen and oxygen atoms in total. The van der Waals surface area contributed by atoms with Crippen LogP contribution in [0.1, 0.15) is 22.3 Å². The summed E-state index contributed by atoms with van der Waals surface area (Å²) in [6.45, 7) is 2.77. The van der Waals surface area contributed by atoms with Gasteiger partial charge in [0.25, 0.3) is 31.4 Å². The molecular formula is C28H22N4O14S4-2. The third kappa shape index (κ3) is 8.47. The molecule has 0 atom stereocenters. The quantitative estimate of drug-likeness (QED) is 0.0900. The topological polar surface area (TPSA) is 293 Å². The highest BCUT2D eigenvalue weighted by atomic mass is 32.2. The predicted molar refractivity (Wildman–Crippen MR) is 175 cm³/mol. The van der Waals surface area contributed by atoms with Gasteiger partial charge >= 0.3 is 0 Å². The highest BCUT2D eigenvalue weighted by Gasteiger charge is 2.23. The highest BCUT2D eigenvalue weighted by Crippen LogP contribution is 2.30. The fourth-order valence-corrected chi connectivity index (χ4v) is 7.95. The van der Waals surface area contributed by atoms with Gasteiger partial charge in [-0.15, -0.1) is 0 Å². The van der Waals surface area contributed by atoms with Crippen LogP contribution < -0.4 is 9.44 Å². The van der Waals surface area contributed by atoms with E-state index < -0.39 is 92.5 Å². The van der Waals surface area contributed by atoms with E-state index in [1.165, 1.54) is 26.0 Å². The number of rotatable bonds is 12. The van der Waals surface area contributed by atoms with E-state index in [2.05, 4.69) is 0 Å². The minimum atomic E-state index is -5.33. The molecule has 4 aromatic rings. The van der Waals surface area contributed by atoms with Gasteiger partial charge in [-0.05, 0) is 61.4 Å². The van der Waals surface area contributed by atoms with Gasteiger partial charge in [0.2, 0.25) is 0 Å². The third-order valence-electron chi connectivity index (χ3n) is 6.89. The number of aryl methyl sites for hydroxylation is 2. The minimum absolute atomic E-state index is 0.171. The van der Waals surface area contributed by atoms with Crippen LogP contribution >= 0.6 is 0 Å². The predicted octanol–water partition coefficient (Wildman–Crippen LogP) is 3.70. The van der Waals surface area contributed by atoms with Crippen molar-refractivity contribution >= 4 is 75.2 Å². The first-order valence-electron chi connectivity index (χ1n) is 13.4. The number of anilines is 2. The molecule has 0 fully saturated rings. The molecule has 2 N–H and O–H groups in total. The van der Waals surface area contributed by atoms with Gasteiger partial charge in [0, 0.05) is 23.3 Å². The monoisotopic (exact) mass is 766 g/mol. The number of nitrogens with zero attached hydrogens (tertiary/aromatic N) is 2. The zero-order valence-electron chi connectivity index (χ0n) is 25.3. The summed E-state index contributed by atoms with van der Waals surface area (Å²) in [6, 6.07) is 11.4. The number of nitro groups is 2. The number of hydrogen-bond acceptors (Lipinski definition) is 14. The second-order valence-electron chi connectivity index (χ2n) is 10.4. The molecule has 0 amide bonds. The number of benzene rings is 4. The van der Waals surface area contributed by atoms with Crippen molar-refractivity contribution in [2.24, 2.45) is 0 Å². The number of hydrogen-bond donors (Lipinski definition) is 2. The smallest absolute Gasteiger partial charge is 0.273 e. The fourth-order valence-electron chi connectivity index (χ4n) is 4.42. The molecule has 0 spiro atoms. The van der Waals surface area contributed by atoms with Crippen LogP contribution in [0.4, 0.5) is 22.7 Å². The van der Waals surface area contributed by atoms with Crippen molar-refractivity contribution in [3.8, 4) is 0 Å². The molecule has 0 radical (unpaired) electrons. The van der Waals surface area contributed by atoms with E-state index >= 15 is 0 Å².